The molecule has 0 atom stereocenters. The molecule has 0 N–H and O–H groups in total. The number of non-ortho nitro benzene ring substituents is 1. The van der Waals surface area contributed by atoms with E-state index in [0.717, 1.165) is 23.5 Å². The van der Waals surface area contributed by atoms with E-state index in [1.54, 1.807) is 0 Å². The number of nitro benzene ring substituents is 2. The molecule has 10 heteroatoms. The second-order valence-corrected chi connectivity index (χ2v) is 6.69. The lowest BCUT2D eigenvalue weighted by Crippen LogP contribution is -2.05. The van der Waals surface area contributed by atoms with Gasteiger partial charge in [-0.2, -0.15) is 0 Å². The van der Waals surface area contributed by atoms with Gasteiger partial charge < -0.3 is 0 Å². The van der Waals surface area contributed by atoms with Crippen LogP contribution in [0, 0.1) is 20.2 Å². The van der Waals surface area contributed by atoms with E-state index >= 15 is 0 Å². The van der Waals surface area contributed by atoms with E-state index in [1.807, 2.05) is 0 Å². The van der Waals surface area contributed by atoms with Crippen molar-refractivity contribution in [2.45, 2.75) is 9.10 Å². The average molecular weight is 314 g/mol. The fourth-order valence-corrected chi connectivity index (χ4v) is 4.04. The molecule has 1 aromatic carbocycles. The summed E-state index contributed by atoms with van der Waals surface area (Å²) in [5, 5.41) is 23.1. The standard InChI is InChI=1S/C10H6N2O6S2/c13-11(14)7-3-4-9(8(6-7)12(15)16)20(17,18)10-2-1-5-19-10/h1-6H. The summed E-state index contributed by atoms with van der Waals surface area (Å²) < 4.78 is 24.4. The van der Waals surface area contributed by atoms with E-state index in [0.29, 0.717) is 6.07 Å². The van der Waals surface area contributed by atoms with Crippen molar-refractivity contribution in [3.05, 3.63) is 55.9 Å². The van der Waals surface area contributed by atoms with Gasteiger partial charge in [-0.25, -0.2) is 8.42 Å². The first-order valence-electron chi connectivity index (χ1n) is 5.05. The first-order valence-corrected chi connectivity index (χ1v) is 7.42. The van der Waals surface area contributed by atoms with Crippen LogP contribution < -0.4 is 0 Å². The number of nitrogens with zero attached hydrogens (tertiary/aromatic N) is 2. The minimum Gasteiger partial charge on any atom is -0.258 e. The number of nitro groups is 2. The van der Waals surface area contributed by atoms with Gasteiger partial charge in [-0.05, 0) is 17.5 Å². The number of thiophene rings is 1. The molecule has 0 aliphatic carbocycles. The summed E-state index contributed by atoms with van der Waals surface area (Å²) in [7, 11) is -4.06. The summed E-state index contributed by atoms with van der Waals surface area (Å²) in [4.78, 5) is 19.2. The van der Waals surface area contributed by atoms with E-state index in [-0.39, 0.29) is 4.21 Å². The van der Waals surface area contributed by atoms with Crippen molar-refractivity contribution >= 4 is 32.5 Å². The number of rotatable bonds is 4. The van der Waals surface area contributed by atoms with Crippen LogP contribution in [-0.2, 0) is 9.84 Å². The molecular formula is C10H6N2O6S2. The number of hydrogen-bond acceptors (Lipinski definition) is 7. The van der Waals surface area contributed by atoms with Crippen LogP contribution in [-0.4, -0.2) is 18.3 Å². The molecule has 0 saturated heterocycles. The van der Waals surface area contributed by atoms with Gasteiger partial charge in [0.25, 0.3) is 11.4 Å². The zero-order chi connectivity index (χ0) is 14.9. The molecule has 0 fully saturated rings. The monoisotopic (exact) mass is 314 g/mol. The van der Waals surface area contributed by atoms with Gasteiger partial charge in [0.1, 0.15) is 4.21 Å². The highest BCUT2D eigenvalue weighted by Gasteiger charge is 2.30. The Labute approximate surface area is 116 Å². The lowest BCUT2D eigenvalue weighted by Gasteiger charge is -2.03. The largest absolute Gasteiger partial charge is 0.295 e. The smallest absolute Gasteiger partial charge is 0.258 e. The van der Waals surface area contributed by atoms with Crippen LogP contribution in [0.2, 0.25) is 0 Å². The second-order valence-electron chi connectivity index (χ2n) is 3.60. The van der Waals surface area contributed by atoms with Crippen molar-refractivity contribution in [2.75, 3.05) is 0 Å². The number of hydrogen-bond donors (Lipinski definition) is 0. The van der Waals surface area contributed by atoms with Crippen molar-refractivity contribution in [1.29, 1.82) is 0 Å². The molecule has 0 spiro atoms. The molecule has 0 bridgehead atoms. The van der Waals surface area contributed by atoms with Gasteiger partial charge in [-0.1, -0.05) is 6.07 Å². The van der Waals surface area contributed by atoms with Crippen molar-refractivity contribution in [2.24, 2.45) is 0 Å². The highest BCUT2D eigenvalue weighted by Crippen LogP contribution is 2.33. The normalized spacial score (nSPS) is 11.2. The maximum Gasteiger partial charge on any atom is 0.295 e. The minimum atomic E-state index is -4.06. The zero-order valence-electron chi connectivity index (χ0n) is 9.62. The van der Waals surface area contributed by atoms with E-state index < -0.39 is 36.0 Å². The molecule has 1 heterocycles. The van der Waals surface area contributed by atoms with Gasteiger partial charge in [-0.15, -0.1) is 11.3 Å². The van der Waals surface area contributed by atoms with E-state index in [1.165, 1.54) is 17.5 Å². The zero-order valence-corrected chi connectivity index (χ0v) is 11.3. The van der Waals surface area contributed by atoms with Gasteiger partial charge >= 0.3 is 0 Å². The topological polar surface area (TPSA) is 120 Å². The Kier molecular flexibility index (Phi) is 3.51. The minimum absolute atomic E-state index is 0.0607. The number of sulfone groups is 1. The molecule has 104 valence electrons. The van der Waals surface area contributed by atoms with Crippen LogP contribution >= 0.6 is 11.3 Å². The summed E-state index contributed by atoms with van der Waals surface area (Å²) in [5.41, 5.74) is -1.35. The van der Waals surface area contributed by atoms with Crippen LogP contribution in [0.25, 0.3) is 0 Å². The van der Waals surface area contributed by atoms with Crippen molar-refractivity contribution in [3.63, 3.8) is 0 Å². The molecule has 0 unspecified atom stereocenters. The molecule has 2 aromatic rings. The Balaban J connectivity index is 2.69. The fraction of sp³-hybridized carbons (Fsp3) is 0. The van der Waals surface area contributed by atoms with Crippen LogP contribution in [0.1, 0.15) is 0 Å². The first-order chi connectivity index (χ1) is 9.34. The van der Waals surface area contributed by atoms with Gasteiger partial charge in [0, 0.05) is 6.07 Å². The molecule has 8 nitrogen and oxygen atoms in total. The van der Waals surface area contributed by atoms with Crippen LogP contribution in [0.3, 0.4) is 0 Å². The van der Waals surface area contributed by atoms with Crippen LogP contribution in [0.15, 0.2) is 44.8 Å². The molecule has 0 amide bonds. The summed E-state index contributed by atoms with van der Waals surface area (Å²) in [6, 6.07) is 5.25. The van der Waals surface area contributed by atoms with Crippen molar-refractivity contribution in [3.8, 4) is 0 Å². The molecular weight excluding hydrogens is 308 g/mol. The van der Waals surface area contributed by atoms with E-state index in [9.17, 15) is 28.6 Å². The molecule has 0 aliphatic rings. The third-order valence-corrected chi connectivity index (χ3v) is 5.60. The lowest BCUT2D eigenvalue weighted by molar-refractivity contribution is -0.396. The quantitative estimate of drug-likeness (QED) is 0.631. The fourth-order valence-electron chi connectivity index (χ4n) is 1.51. The van der Waals surface area contributed by atoms with Crippen LogP contribution in [0.4, 0.5) is 11.4 Å². The Morgan fingerprint density at radius 2 is 1.75 bits per heavy atom. The summed E-state index contributed by atoms with van der Waals surface area (Å²) in [6.07, 6.45) is 0. The van der Waals surface area contributed by atoms with Crippen molar-refractivity contribution in [1.82, 2.24) is 0 Å². The Morgan fingerprint density at radius 1 is 1.05 bits per heavy atom. The summed E-state index contributed by atoms with van der Waals surface area (Å²) in [5.74, 6) is 0. The van der Waals surface area contributed by atoms with Gasteiger partial charge in [0.2, 0.25) is 9.84 Å². The summed E-state index contributed by atoms with van der Waals surface area (Å²) >= 11 is 0.911. The maximum atomic E-state index is 12.2. The lowest BCUT2D eigenvalue weighted by atomic mass is 10.3. The maximum absolute atomic E-state index is 12.2. The second kappa shape index (κ2) is 4.98. The highest BCUT2D eigenvalue weighted by molar-refractivity contribution is 7.93. The molecule has 2 rings (SSSR count). The average Bonchev–Trinajstić information content (AvgIpc) is 2.92. The molecule has 0 saturated carbocycles. The SMILES string of the molecule is O=[N+]([O-])c1ccc(S(=O)(=O)c2cccs2)c([N+](=O)[O-])c1. The Bertz CT molecular complexity index is 782. The highest BCUT2D eigenvalue weighted by atomic mass is 32.2. The third kappa shape index (κ3) is 2.38. The van der Waals surface area contributed by atoms with E-state index in [2.05, 4.69) is 0 Å². The predicted molar refractivity (Wildman–Crippen MR) is 69.5 cm³/mol. The van der Waals surface area contributed by atoms with Crippen LogP contribution in [0.5, 0.6) is 0 Å². The molecule has 0 radical (unpaired) electrons. The molecule has 20 heavy (non-hydrogen) atoms. The van der Waals surface area contributed by atoms with Gasteiger partial charge in [-0.3, -0.25) is 20.2 Å². The Hall–Kier alpha value is -2.33. The number of benzene rings is 1. The third-order valence-electron chi connectivity index (χ3n) is 2.40. The summed E-state index contributed by atoms with van der Waals surface area (Å²) in [6.45, 7) is 0. The predicted octanol–water partition coefficient (Wildman–Crippen LogP) is 2.40. The van der Waals surface area contributed by atoms with E-state index in [4.69, 9.17) is 0 Å². The first kappa shape index (κ1) is 14.1. The van der Waals surface area contributed by atoms with Crippen molar-refractivity contribution < 1.29 is 18.3 Å². The molecule has 1 aromatic heterocycles. The Morgan fingerprint density at radius 3 is 2.25 bits per heavy atom. The molecule has 0 aliphatic heterocycles. The van der Waals surface area contributed by atoms with Gasteiger partial charge in [0.05, 0.1) is 15.9 Å². The van der Waals surface area contributed by atoms with Gasteiger partial charge in [0.15, 0.2) is 4.90 Å².